The van der Waals surface area contributed by atoms with Gasteiger partial charge in [0.25, 0.3) is 0 Å². The van der Waals surface area contributed by atoms with Gasteiger partial charge in [-0.15, -0.1) is 0 Å². The molecule has 160 valence electrons. The molecule has 4 nitrogen and oxygen atoms in total. The normalized spacial score (nSPS) is 48.2. The molecule has 0 amide bonds. The zero-order chi connectivity index (χ0) is 20.3. The van der Waals surface area contributed by atoms with E-state index in [4.69, 9.17) is 14.2 Å². The SMILES string of the molecule is O=C(Oc1cccc2ccccc12)C1CC2C3C4CCC(O4)C3C1C1C3CCC(O3)C21. The van der Waals surface area contributed by atoms with Gasteiger partial charge in [0.15, 0.2) is 0 Å². The molecule has 7 fully saturated rings. The number of esters is 1. The Hall–Kier alpha value is -1.91. The van der Waals surface area contributed by atoms with Crippen molar-refractivity contribution in [1.29, 1.82) is 0 Å². The van der Waals surface area contributed by atoms with Crippen LogP contribution >= 0.6 is 0 Å². The number of fused-ring (bicyclic) bond motifs is 6. The average Bonchev–Trinajstić information content (AvgIpc) is 3.61. The van der Waals surface area contributed by atoms with Crippen molar-refractivity contribution < 1.29 is 19.0 Å². The largest absolute Gasteiger partial charge is 0.426 e. The molecule has 4 heteroatoms. The van der Waals surface area contributed by atoms with Crippen LogP contribution in [0.4, 0.5) is 0 Å². The fraction of sp³-hybridized carbons (Fsp3) is 0.593. The van der Waals surface area contributed by atoms with E-state index in [-0.39, 0.29) is 11.9 Å². The van der Waals surface area contributed by atoms with Crippen LogP contribution in [0.25, 0.3) is 10.8 Å². The highest BCUT2D eigenvalue weighted by molar-refractivity contribution is 5.90. The summed E-state index contributed by atoms with van der Waals surface area (Å²) in [4.78, 5) is 13.7. The first-order valence-corrected chi connectivity index (χ1v) is 12.3. The molecule has 0 aromatic heterocycles. The lowest BCUT2D eigenvalue weighted by molar-refractivity contribution is -0.164. The van der Waals surface area contributed by atoms with E-state index in [9.17, 15) is 4.79 Å². The van der Waals surface area contributed by atoms with E-state index in [1.54, 1.807) is 0 Å². The first-order chi connectivity index (χ1) is 15.3. The molecule has 6 bridgehead atoms. The van der Waals surface area contributed by atoms with Crippen LogP contribution in [0.2, 0.25) is 0 Å². The monoisotopic (exact) mass is 416 g/mol. The molecule has 9 unspecified atom stereocenters. The Morgan fingerprint density at radius 2 is 1.35 bits per heavy atom. The fourth-order valence-electron chi connectivity index (χ4n) is 9.17. The molecule has 0 radical (unpaired) electrons. The van der Waals surface area contributed by atoms with Crippen molar-refractivity contribution >= 4 is 16.7 Å². The summed E-state index contributed by atoms with van der Waals surface area (Å²) in [7, 11) is 0. The Bertz CT molecular complexity index is 1040. The molecule has 9 rings (SSSR count). The number of hydrogen-bond donors (Lipinski definition) is 0. The van der Waals surface area contributed by atoms with Gasteiger partial charge in [0, 0.05) is 5.39 Å². The van der Waals surface area contributed by atoms with Crippen molar-refractivity contribution in [1.82, 2.24) is 0 Å². The highest BCUT2D eigenvalue weighted by Gasteiger charge is 2.72. The van der Waals surface area contributed by atoms with E-state index in [0.29, 0.717) is 65.7 Å². The summed E-state index contributed by atoms with van der Waals surface area (Å²) in [5.41, 5.74) is 0. The Labute approximate surface area is 182 Å². The predicted molar refractivity (Wildman–Crippen MR) is 114 cm³/mol. The topological polar surface area (TPSA) is 44.8 Å². The maximum absolute atomic E-state index is 13.7. The third-order valence-electron chi connectivity index (χ3n) is 9.91. The van der Waals surface area contributed by atoms with Gasteiger partial charge in [-0.3, -0.25) is 4.79 Å². The Morgan fingerprint density at radius 3 is 2.06 bits per heavy atom. The second-order valence-corrected chi connectivity index (χ2v) is 10.9. The minimum Gasteiger partial charge on any atom is -0.426 e. The van der Waals surface area contributed by atoms with Crippen molar-refractivity contribution in [2.24, 2.45) is 41.4 Å². The highest BCUT2D eigenvalue weighted by atomic mass is 16.5. The van der Waals surface area contributed by atoms with Crippen LogP contribution in [0, 0.1) is 41.4 Å². The van der Waals surface area contributed by atoms with E-state index in [2.05, 4.69) is 12.1 Å². The van der Waals surface area contributed by atoms with Crippen LogP contribution < -0.4 is 4.74 Å². The summed E-state index contributed by atoms with van der Waals surface area (Å²) in [5.74, 6) is 3.96. The average molecular weight is 417 g/mol. The van der Waals surface area contributed by atoms with Crippen LogP contribution in [0.3, 0.4) is 0 Å². The fourth-order valence-corrected chi connectivity index (χ4v) is 9.17. The van der Waals surface area contributed by atoms with E-state index in [1.807, 2.05) is 30.3 Å². The van der Waals surface area contributed by atoms with E-state index < -0.39 is 0 Å². The van der Waals surface area contributed by atoms with E-state index in [1.165, 1.54) is 25.7 Å². The van der Waals surface area contributed by atoms with Crippen LogP contribution in [0.5, 0.6) is 5.75 Å². The molecule has 4 aliphatic heterocycles. The van der Waals surface area contributed by atoms with Gasteiger partial charge in [0.05, 0.1) is 30.3 Å². The smallest absolute Gasteiger partial charge is 0.314 e. The molecule has 2 aromatic carbocycles. The van der Waals surface area contributed by atoms with Gasteiger partial charge in [0.2, 0.25) is 0 Å². The molecular weight excluding hydrogens is 388 g/mol. The lowest BCUT2D eigenvalue weighted by atomic mass is 9.42. The quantitative estimate of drug-likeness (QED) is 0.530. The second kappa shape index (κ2) is 6.11. The maximum atomic E-state index is 13.7. The lowest BCUT2D eigenvalue weighted by Crippen LogP contribution is -2.62. The maximum Gasteiger partial charge on any atom is 0.314 e. The van der Waals surface area contributed by atoms with Crippen molar-refractivity contribution in [3.05, 3.63) is 42.5 Å². The molecule has 4 saturated heterocycles. The first kappa shape index (κ1) is 17.6. The minimum atomic E-state index is -0.0196. The number of benzene rings is 2. The molecule has 31 heavy (non-hydrogen) atoms. The Morgan fingerprint density at radius 1 is 0.742 bits per heavy atom. The summed E-state index contributed by atoms with van der Waals surface area (Å²) in [6, 6.07) is 14.2. The Balaban J connectivity index is 1.17. The van der Waals surface area contributed by atoms with Gasteiger partial charge in [0.1, 0.15) is 5.75 Å². The lowest BCUT2D eigenvalue weighted by Gasteiger charge is -2.59. The number of ether oxygens (including phenoxy) is 3. The van der Waals surface area contributed by atoms with E-state index >= 15 is 0 Å². The molecule has 4 heterocycles. The van der Waals surface area contributed by atoms with Crippen LogP contribution in [0.1, 0.15) is 32.1 Å². The predicted octanol–water partition coefficient (Wildman–Crippen LogP) is 4.60. The van der Waals surface area contributed by atoms with Crippen molar-refractivity contribution in [2.75, 3.05) is 0 Å². The van der Waals surface area contributed by atoms with Gasteiger partial charge < -0.3 is 14.2 Å². The van der Waals surface area contributed by atoms with Gasteiger partial charge >= 0.3 is 5.97 Å². The second-order valence-electron chi connectivity index (χ2n) is 10.9. The molecule has 0 N–H and O–H groups in total. The molecule has 2 aromatic rings. The number of carbonyl (C=O) groups excluding carboxylic acids is 1. The summed E-state index contributed by atoms with van der Waals surface area (Å²) < 4.78 is 19.1. The molecule has 9 atom stereocenters. The van der Waals surface area contributed by atoms with Crippen molar-refractivity contribution in [2.45, 2.75) is 56.5 Å². The van der Waals surface area contributed by atoms with Gasteiger partial charge in [-0.1, -0.05) is 36.4 Å². The number of rotatable bonds is 2. The van der Waals surface area contributed by atoms with Crippen LogP contribution in [-0.2, 0) is 14.3 Å². The first-order valence-electron chi connectivity index (χ1n) is 12.3. The summed E-state index contributed by atoms with van der Waals surface area (Å²) in [6.07, 6.45) is 7.31. The van der Waals surface area contributed by atoms with E-state index in [0.717, 1.165) is 17.2 Å². The summed E-state index contributed by atoms with van der Waals surface area (Å²) >= 11 is 0. The highest BCUT2D eigenvalue weighted by Crippen LogP contribution is 2.70. The number of carbonyl (C=O) groups is 1. The zero-order valence-electron chi connectivity index (χ0n) is 17.6. The third-order valence-corrected chi connectivity index (χ3v) is 9.91. The number of hydrogen-bond acceptors (Lipinski definition) is 4. The van der Waals surface area contributed by atoms with Gasteiger partial charge in [-0.25, -0.2) is 0 Å². The van der Waals surface area contributed by atoms with Crippen LogP contribution in [-0.4, -0.2) is 30.4 Å². The van der Waals surface area contributed by atoms with Crippen molar-refractivity contribution in [3.63, 3.8) is 0 Å². The zero-order valence-corrected chi connectivity index (χ0v) is 17.6. The summed E-state index contributed by atoms with van der Waals surface area (Å²) in [5, 5.41) is 2.13. The molecule has 7 aliphatic rings. The molecule has 3 saturated carbocycles. The Kier molecular flexibility index (Phi) is 3.47. The molecule has 3 aliphatic carbocycles. The molecular formula is C27H28O4. The van der Waals surface area contributed by atoms with Gasteiger partial charge in [-0.2, -0.15) is 0 Å². The standard InChI is InChI=1S/C27H28O4/c28-27(31-17-7-3-5-13-4-1-2-6-14(13)17)16-12-15-22-18-8-10-20(29-18)25(22)24(16)26-21-11-9-19(30-21)23(15)26/h1-7,15-16,18-26H,8-12H2. The third kappa shape index (κ3) is 2.21. The minimum absolute atomic E-state index is 0.0163. The molecule has 0 spiro atoms. The van der Waals surface area contributed by atoms with Crippen LogP contribution in [0.15, 0.2) is 42.5 Å². The summed E-state index contributed by atoms with van der Waals surface area (Å²) in [6.45, 7) is 0. The van der Waals surface area contributed by atoms with Crippen molar-refractivity contribution in [3.8, 4) is 5.75 Å². The van der Waals surface area contributed by atoms with Gasteiger partial charge in [-0.05, 0) is 79.1 Å².